The zero-order valence-electron chi connectivity index (χ0n) is 11.7. The van der Waals surface area contributed by atoms with E-state index in [1.165, 1.54) is 24.8 Å². The standard InChI is InChI=1S/C14H13Br2FN4O/c1-2-3-14(17,9-4-10(15)6-18-5-9)13(22)21-12-8-19-11(16)7-20-12/h4-8H,2-3H2,1H3,(H,20,21,22). The minimum absolute atomic E-state index is 0.0426. The Kier molecular flexibility index (Phi) is 5.57. The van der Waals surface area contributed by atoms with Gasteiger partial charge in [-0.2, -0.15) is 0 Å². The first kappa shape index (κ1) is 17.0. The highest BCUT2D eigenvalue weighted by atomic mass is 79.9. The normalized spacial score (nSPS) is 13.5. The van der Waals surface area contributed by atoms with Gasteiger partial charge in [0.15, 0.2) is 5.82 Å². The van der Waals surface area contributed by atoms with Crippen LogP contribution in [0.4, 0.5) is 10.2 Å². The summed E-state index contributed by atoms with van der Waals surface area (Å²) in [5.74, 6) is -0.597. The van der Waals surface area contributed by atoms with Crippen molar-refractivity contribution in [3.05, 3.63) is 45.5 Å². The van der Waals surface area contributed by atoms with Crippen LogP contribution in [-0.2, 0) is 10.5 Å². The molecule has 2 aromatic heterocycles. The number of amides is 1. The van der Waals surface area contributed by atoms with Crippen molar-refractivity contribution in [1.82, 2.24) is 15.0 Å². The lowest BCUT2D eigenvalue weighted by atomic mass is 9.91. The Morgan fingerprint density at radius 3 is 2.64 bits per heavy atom. The van der Waals surface area contributed by atoms with E-state index < -0.39 is 11.6 Å². The van der Waals surface area contributed by atoms with Crippen molar-refractivity contribution in [3.63, 3.8) is 0 Å². The van der Waals surface area contributed by atoms with Crippen LogP contribution in [0.5, 0.6) is 0 Å². The van der Waals surface area contributed by atoms with Crippen LogP contribution in [0.1, 0.15) is 25.3 Å². The number of halogens is 3. The van der Waals surface area contributed by atoms with E-state index in [2.05, 4.69) is 52.1 Å². The van der Waals surface area contributed by atoms with E-state index >= 15 is 4.39 Å². The van der Waals surface area contributed by atoms with Gasteiger partial charge in [0.05, 0.1) is 12.4 Å². The molecule has 0 radical (unpaired) electrons. The molecule has 0 bridgehead atoms. The van der Waals surface area contributed by atoms with E-state index in [1.807, 2.05) is 6.92 Å². The molecule has 22 heavy (non-hydrogen) atoms. The summed E-state index contributed by atoms with van der Waals surface area (Å²) in [7, 11) is 0. The highest BCUT2D eigenvalue weighted by molar-refractivity contribution is 9.10. The summed E-state index contributed by atoms with van der Waals surface area (Å²) in [6.45, 7) is 1.81. The number of alkyl halides is 1. The molecular weight excluding hydrogens is 419 g/mol. The molecule has 0 fully saturated rings. The van der Waals surface area contributed by atoms with Crippen molar-refractivity contribution in [1.29, 1.82) is 0 Å². The summed E-state index contributed by atoms with van der Waals surface area (Å²) in [4.78, 5) is 24.3. The third-order valence-electron chi connectivity index (χ3n) is 2.98. The van der Waals surface area contributed by atoms with Crippen LogP contribution >= 0.6 is 31.9 Å². The second-order valence-corrected chi connectivity index (χ2v) is 6.35. The van der Waals surface area contributed by atoms with Gasteiger partial charge in [0.25, 0.3) is 5.91 Å². The van der Waals surface area contributed by atoms with Crippen molar-refractivity contribution < 1.29 is 9.18 Å². The van der Waals surface area contributed by atoms with E-state index in [0.717, 1.165) is 0 Å². The van der Waals surface area contributed by atoms with Crippen LogP contribution in [0, 0.1) is 0 Å². The lowest BCUT2D eigenvalue weighted by molar-refractivity contribution is -0.128. The molecule has 2 heterocycles. The topological polar surface area (TPSA) is 67.8 Å². The molecule has 0 saturated carbocycles. The third-order valence-corrected chi connectivity index (χ3v) is 3.82. The quantitative estimate of drug-likeness (QED) is 0.776. The maximum atomic E-state index is 15.3. The van der Waals surface area contributed by atoms with Gasteiger partial charge in [0.2, 0.25) is 5.67 Å². The highest BCUT2D eigenvalue weighted by Crippen LogP contribution is 2.33. The van der Waals surface area contributed by atoms with Crippen LogP contribution in [0.25, 0.3) is 0 Å². The van der Waals surface area contributed by atoms with Crippen LogP contribution in [0.3, 0.4) is 0 Å². The molecule has 5 nitrogen and oxygen atoms in total. The first-order chi connectivity index (χ1) is 10.5. The van der Waals surface area contributed by atoms with Crippen LogP contribution in [-0.4, -0.2) is 20.9 Å². The Morgan fingerprint density at radius 1 is 1.27 bits per heavy atom. The highest BCUT2D eigenvalue weighted by Gasteiger charge is 2.40. The summed E-state index contributed by atoms with van der Waals surface area (Å²) in [6, 6.07) is 1.55. The maximum Gasteiger partial charge on any atom is 0.267 e. The minimum Gasteiger partial charge on any atom is -0.306 e. The van der Waals surface area contributed by atoms with Crippen molar-refractivity contribution >= 4 is 43.6 Å². The molecule has 0 aliphatic carbocycles. The molecule has 0 saturated heterocycles. The summed E-state index contributed by atoms with van der Waals surface area (Å²) in [5, 5.41) is 2.46. The Labute approximate surface area is 144 Å². The molecule has 0 aliphatic rings. The fourth-order valence-electron chi connectivity index (χ4n) is 1.95. The Bertz CT molecular complexity index is 668. The smallest absolute Gasteiger partial charge is 0.267 e. The average Bonchev–Trinajstić information content (AvgIpc) is 2.49. The largest absolute Gasteiger partial charge is 0.306 e. The fraction of sp³-hybridized carbons (Fsp3) is 0.286. The number of nitrogens with one attached hydrogen (secondary N) is 1. The Morgan fingerprint density at radius 2 is 2.05 bits per heavy atom. The van der Waals surface area contributed by atoms with Gasteiger partial charge in [-0.25, -0.2) is 14.4 Å². The lowest BCUT2D eigenvalue weighted by Crippen LogP contribution is -2.36. The van der Waals surface area contributed by atoms with Gasteiger partial charge in [0.1, 0.15) is 4.60 Å². The van der Waals surface area contributed by atoms with E-state index in [4.69, 9.17) is 0 Å². The number of carbonyl (C=O) groups is 1. The van der Waals surface area contributed by atoms with Gasteiger partial charge in [-0.05, 0) is 44.3 Å². The molecular formula is C14H13Br2FN4O. The van der Waals surface area contributed by atoms with E-state index in [-0.39, 0.29) is 17.8 Å². The molecule has 1 N–H and O–H groups in total. The summed E-state index contributed by atoms with van der Waals surface area (Å²) in [5.41, 5.74) is -1.98. The summed E-state index contributed by atoms with van der Waals surface area (Å²) < 4.78 is 16.5. The third kappa shape index (κ3) is 3.86. The predicted octanol–water partition coefficient (Wildman–Crippen LogP) is 4.00. The number of hydrogen-bond acceptors (Lipinski definition) is 4. The van der Waals surface area contributed by atoms with Crippen LogP contribution < -0.4 is 5.32 Å². The average molecular weight is 432 g/mol. The van der Waals surface area contributed by atoms with Crippen LogP contribution in [0.2, 0.25) is 0 Å². The number of anilines is 1. The minimum atomic E-state index is -2.18. The molecule has 1 atom stereocenters. The monoisotopic (exact) mass is 430 g/mol. The predicted molar refractivity (Wildman–Crippen MR) is 88.0 cm³/mol. The van der Waals surface area contributed by atoms with Crippen molar-refractivity contribution in [3.8, 4) is 0 Å². The van der Waals surface area contributed by atoms with Gasteiger partial charge in [-0.15, -0.1) is 0 Å². The molecule has 0 aliphatic heterocycles. The van der Waals surface area contributed by atoms with E-state index in [0.29, 0.717) is 15.5 Å². The van der Waals surface area contributed by atoms with Crippen molar-refractivity contribution in [2.45, 2.75) is 25.4 Å². The zero-order chi connectivity index (χ0) is 16.2. The molecule has 2 aromatic rings. The summed E-state index contributed by atoms with van der Waals surface area (Å²) >= 11 is 6.39. The molecule has 1 amide bonds. The second-order valence-electron chi connectivity index (χ2n) is 4.62. The first-order valence-corrected chi connectivity index (χ1v) is 8.13. The van der Waals surface area contributed by atoms with Crippen molar-refractivity contribution in [2.24, 2.45) is 0 Å². The zero-order valence-corrected chi connectivity index (χ0v) is 14.9. The number of aromatic nitrogens is 3. The Balaban J connectivity index is 2.29. The molecule has 1 unspecified atom stereocenters. The number of pyridine rings is 1. The SMILES string of the molecule is CCCC(F)(C(=O)Nc1cnc(Br)cn1)c1cncc(Br)c1. The molecule has 0 aromatic carbocycles. The molecule has 0 spiro atoms. The number of hydrogen-bond donors (Lipinski definition) is 1. The number of nitrogens with zero attached hydrogens (tertiary/aromatic N) is 3. The van der Waals surface area contributed by atoms with Gasteiger partial charge in [0, 0.05) is 22.4 Å². The van der Waals surface area contributed by atoms with Crippen molar-refractivity contribution in [2.75, 3.05) is 5.32 Å². The molecule has 2 rings (SSSR count). The van der Waals surface area contributed by atoms with E-state index in [1.54, 1.807) is 6.07 Å². The second kappa shape index (κ2) is 7.23. The fourth-order valence-corrected chi connectivity index (χ4v) is 2.52. The lowest BCUT2D eigenvalue weighted by Gasteiger charge is -2.24. The Hall–Kier alpha value is -1.41. The van der Waals surface area contributed by atoms with Gasteiger partial charge >= 0.3 is 0 Å². The molecule has 116 valence electrons. The van der Waals surface area contributed by atoms with Crippen LogP contribution in [0.15, 0.2) is 39.9 Å². The molecule has 8 heteroatoms. The number of carbonyl (C=O) groups excluding carboxylic acids is 1. The maximum absolute atomic E-state index is 15.3. The van der Waals surface area contributed by atoms with Gasteiger partial charge in [-0.1, -0.05) is 13.3 Å². The van der Waals surface area contributed by atoms with Gasteiger partial charge in [-0.3, -0.25) is 9.78 Å². The summed E-state index contributed by atoms with van der Waals surface area (Å²) in [6.07, 6.45) is 6.22. The van der Waals surface area contributed by atoms with Gasteiger partial charge < -0.3 is 5.32 Å². The first-order valence-electron chi connectivity index (χ1n) is 6.54. The van der Waals surface area contributed by atoms with E-state index in [9.17, 15) is 4.79 Å². The number of rotatable bonds is 5.